The van der Waals surface area contributed by atoms with Gasteiger partial charge in [-0.2, -0.15) is 0 Å². The van der Waals surface area contributed by atoms with Crippen LogP contribution < -0.4 is 14.8 Å². The molecule has 1 aliphatic heterocycles. The van der Waals surface area contributed by atoms with Crippen molar-refractivity contribution in [2.24, 2.45) is 5.92 Å². The van der Waals surface area contributed by atoms with E-state index in [2.05, 4.69) is 81.9 Å². The van der Waals surface area contributed by atoms with Crippen molar-refractivity contribution in [3.05, 3.63) is 76.3 Å². The van der Waals surface area contributed by atoms with E-state index < -0.39 is 0 Å². The zero-order valence-electron chi connectivity index (χ0n) is 15.9. The van der Waals surface area contributed by atoms with E-state index in [9.17, 15) is 0 Å². The lowest BCUT2D eigenvalue weighted by molar-refractivity contribution is 0.351. The maximum absolute atomic E-state index is 5.60. The van der Waals surface area contributed by atoms with Crippen molar-refractivity contribution >= 4 is 32.4 Å². The van der Waals surface area contributed by atoms with Gasteiger partial charge in [0.05, 0.1) is 24.7 Å². The van der Waals surface area contributed by atoms with Crippen molar-refractivity contribution < 1.29 is 9.47 Å². The van der Waals surface area contributed by atoms with Gasteiger partial charge >= 0.3 is 0 Å². The molecule has 0 unspecified atom stereocenters. The maximum atomic E-state index is 5.60. The first kappa shape index (κ1) is 17.6. The van der Waals surface area contributed by atoms with Crippen molar-refractivity contribution in [1.29, 1.82) is 0 Å². The molecule has 0 spiro atoms. The first-order chi connectivity index (χ1) is 13.7. The summed E-state index contributed by atoms with van der Waals surface area (Å²) in [7, 11) is 3.35. The number of halogens is 1. The van der Waals surface area contributed by atoms with Gasteiger partial charge in [-0.15, -0.1) is 0 Å². The van der Waals surface area contributed by atoms with Crippen molar-refractivity contribution in [3.63, 3.8) is 0 Å². The van der Waals surface area contributed by atoms with Gasteiger partial charge in [0.15, 0.2) is 11.5 Å². The minimum atomic E-state index is 0.203. The number of nitrogens with one attached hydrogen (secondary N) is 1. The van der Waals surface area contributed by atoms with E-state index in [0.717, 1.165) is 22.4 Å². The molecular formula is C24H22BrNO2. The summed E-state index contributed by atoms with van der Waals surface area (Å²) < 4.78 is 12.0. The van der Waals surface area contributed by atoms with Crippen LogP contribution in [0.5, 0.6) is 11.5 Å². The summed E-state index contributed by atoms with van der Waals surface area (Å²) >= 11 is 3.66. The van der Waals surface area contributed by atoms with Gasteiger partial charge in [-0.05, 0) is 56.9 Å². The standard InChI is InChI=1S/C24H22BrNO2/c1-27-21-13-15(12-20(25)24(21)28-2)22-18-9-5-8-17(18)19-11-10-14-6-3-4-7-16(14)23(19)26-22/h3-8,10-13,17-18,22,26H,9H2,1-2H3/t17-,18+,22+/m1/s1. The minimum absolute atomic E-state index is 0.203. The van der Waals surface area contributed by atoms with Gasteiger partial charge < -0.3 is 14.8 Å². The average molecular weight is 436 g/mol. The monoisotopic (exact) mass is 435 g/mol. The van der Waals surface area contributed by atoms with Crippen LogP contribution in [0.25, 0.3) is 10.8 Å². The fourth-order valence-corrected chi connectivity index (χ4v) is 5.41. The van der Waals surface area contributed by atoms with E-state index in [1.54, 1.807) is 14.2 Å². The molecule has 1 N–H and O–H groups in total. The third kappa shape index (κ3) is 2.62. The molecule has 3 aromatic carbocycles. The normalized spacial score (nSPS) is 22.5. The molecule has 3 aromatic rings. The number of ether oxygens (including phenoxy) is 2. The first-order valence-corrected chi connectivity index (χ1v) is 10.4. The molecule has 0 aromatic heterocycles. The van der Waals surface area contributed by atoms with Gasteiger partial charge in [0.2, 0.25) is 0 Å². The van der Waals surface area contributed by atoms with Crippen LogP contribution in [0.2, 0.25) is 0 Å². The zero-order valence-corrected chi connectivity index (χ0v) is 17.5. The minimum Gasteiger partial charge on any atom is -0.493 e. The van der Waals surface area contributed by atoms with Crippen LogP contribution >= 0.6 is 15.9 Å². The number of rotatable bonds is 3. The highest BCUT2D eigenvalue weighted by Crippen LogP contribution is 2.52. The Morgan fingerprint density at radius 2 is 1.89 bits per heavy atom. The number of benzene rings is 3. The number of anilines is 1. The van der Waals surface area contributed by atoms with E-state index >= 15 is 0 Å². The first-order valence-electron chi connectivity index (χ1n) is 9.57. The summed E-state index contributed by atoms with van der Waals surface area (Å²) in [6.07, 6.45) is 5.77. The number of hydrogen-bond acceptors (Lipinski definition) is 3. The number of hydrogen-bond donors (Lipinski definition) is 1. The molecule has 0 fully saturated rings. The molecule has 0 bridgehead atoms. The number of methoxy groups -OCH3 is 2. The molecule has 3 atom stereocenters. The Kier molecular flexibility index (Phi) is 4.31. The molecular weight excluding hydrogens is 414 g/mol. The Hall–Kier alpha value is -2.46. The molecule has 0 saturated carbocycles. The van der Waals surface area contributed by atoms with Gasteiger partial charge in [0, 0.05) is 17.0 Å². The second kappa shape index (κ2) is 6.85. The molecule has 3 nitrogen and oxygen atoms in total. The van der Waals surface area contributed by atoms with Gasteiger partial charge in [-0.25, -0.2) is 0 Å². The fraction of sp³-hybridized carbons (Fsp3) is 0.250. The van der Waals surface area contributed by atoms with Gasteiger partial charge in [-0.1, -0.05) is 48.6 Å². The summed E-state index contributed by atoms with van der Waals surface area (Å²) in [5.41, 5.74) is 3.86. The quantitative estimate of drug-likeness (QED) is 0.479. The van der Waals surface area contributed by atoms with E-state index in [1.807, 2.05) is 0 Å². The van der Waals surface area contributed by atoms with Crippen LogP contribution in [-0.2, 0) is 0 Å². The lowest BCUT2D eigenvalue weighted by Crippen LogP contribution is -2.29. The van der Waals surface area contributed by atoms with Crippen molar-refractivity contribution in [2.75, 3.05) is 19.5 Å². The fourth-order valence-electron chi connectivity index (χ4n) is 4.79. The molecule has 0 amide bonds. The van der Waals surface area contributed by atoms with Gasteiger partial charge in [-0.3, -0.25) is 0 Å². The molecule has 1 heterocycles. The lowest BCUT2D eigenvalue weighted by Gasteiger charge is -2.38. The van der Waals surface area contributed by atoms with E-state index in [4.69, 9.17) is 9.47 Å². The van der Waals surface area contributed by atoms with Crippen LogP contribution in [0.4, 0.5) is 5.69 Å². The lowest BCUT2D eigenvalue weighted by atomic mass is 9.76. The topological polar surface area (TPSA) is 30.5 Å². The van der Waals surface area contributed by atoms with Crippen molar-refractivity contribution in [3.8, 4) is 11.5 Å². The molecule has 142 valence electrons. The summed E-state index contributed by atoms with van der Waals surface area (Å²) in [6.45, 7) is 0. The average Bonchev–Trinajstić information content (AvgIpc) is 3.22. The molecule has 0 saturated heterocycles. The molecule has 28 heavy (non-hydrogen) atoms. The van der Waals surface area contributed by atoms with Crippen LogP contribution in [0.1, 0.15) is 29.5 Å². The summed E-state index contributed by atoms with van der Waals surface area (Å²) in [6, 6.07) is 17.6. The predicted molar refractivity (Wildman–Crippen MR) is 118 cm³/mol. The molecule has 2 aliphatic rings. The van der Waals surface area contributed by atoms with E-state index in [1.165, 1.54) is 27.6 Å². The Morgan fingerprint density at radius 3 is 2.71 bits per heavy atom. The highest BCUT2D eigenvalue weighted by atomic mass is 79.9. The SMILES string of the molecule is COc1cc([C@@H]2Nc3c(ccc4ccccc34)[C@@H]3C=CC[C@@H]32)cc(Br)c1OC. The second-order valence-corrected chi connectivity index (χ2v) is 8.32. The molecule has 5 rings (SSSR count). The molecule has 0 radical (unpaired) electrons. The highest BCUT2D eigenvalue weighted by molar-refractivity contribution is 9.10. The Labute approximate surface area is 173 Å². The largest absolute Gasteiger partial charge is 0.493 e. The third-order valence-corrected chi connectivity index (χ3v) is 6.67. The number of allylic oxidation sites excluding steroid dienone is 2. The third-order valence-electron chi connectivity index (χ3n) is 6.08. The number of fused-ring (bicyclic) bond motifs is 5. The Bertz CT molecular complexity index is 1090. The van der Waals surface area contributed by atoms with E-state index in [0.29, 0.717) is 11.8 Å². The highest BCUT2D eigenvalue weighted by Gasteiger charge is 2.38. The Balaban J connectivity index is 1.67. The van der Waals surface area contributed by atoms with Crippen LogP contribution in [0.3, 0.4) is 0 Å². The van der Waals surface area contributed by atoms with Crippen LogP contribution in [-0.4, -0.2) is 14.2 Å². The van der Waals surface area contributed by atoms with Crippen LogP contribution in [0.15, 0.2) is 65.2 Å². The second-order valence-electron chi connectivity index (χ2n) is 7.46. The van der Waals surface area contributed by atoms with Crippen molar-refractivity contribution in [2.45, 2.75) is 18.4 Å². The van der Waals surface area contributed by atoms with Gasteiger partial charge in [0.25, 0.3) is 0 Å². The summed E-state index contributed by atoms with van der Waals surface area (Å²) in [4.78, 5) is 0. The van der Waals surface area contributed by atoms with Crippen LogP contribution in [0, 0.1) is 5.92 Å². The molecule has 4 heteroatoms. The Morgan fingerprint density at radius 1 is 1.04 bits per heavy atom. The predicted octanol–water partition coefficient (Wildman–Crippen LogP) is 6.45. The smallest absolute Gasteiger partial charge is 0.174 e. The van der Waals surface area contributed by atoms with Crippen molar-refractivity contribution in [1.82, 2.24) is 0 Å². The summed E-state index contributed by atoms with van der Waals surface area (Å²) in [5.74, 6) is 2.39. The maximum Gasteiger partial charge on any atom is 0.174 e. The zero-order chi connectivity index (χ0) is 19.3. The van der Waals surface area contributed by atoms with E-state index in [-0.39, 0.29) is 6.04 Å². The summed E-state index contributed by atoms with van der Waals surface area (Å²) in [5, 5.41) is 6.43. The molecule has 1 aliphatic carbocycles. The van der Waals surface area contributed by atoms with Gasteiger partial charge in [0.1, 0.15) is 0 Å².